The molecule has 114 valence electrons. The minimum Gasteiger partial charge on any atom is -0.378 e. The lowest BCUT2D eigenvalue weighted by molar-refractivity contribution is 0.339. The fraction of sp³-hybridized carbons (Fsp3) is 0.467. The van der Waals surface area contributed by atoms with Crippen LogP contribution in [0.5, 0.6) is 0 Å². The van der Waals surface area contributed by atoms with Gasteiger partial charge in [0.2, 0.25) is 5.96 Å². The van der Waals surface area contributed by atoms with Crippen molar-refractivity contribution < 1.29 is 0 Å². The van der Waals surface area contributed by atoms with Crippen LogP contribution in [0.25, 0.3) is 0 Å². The van der Waals surface area contributed by atoms with E-state index in [0.29, 0.717) is 5.96 Å². The standard InChI is InChI=1S/C15H24N6/c1-20(2)13-8-6-12(7-9-13)18-14(16)19-15(17)21-10-4-3-5-11-21/h6-9H,3-5,10-11H2,1-2H3,(H4,16,17,18,19). The molecule has 1 aromatic carbocycles. The third-order valence-corrected chi connectivity index (χ3v) is 3.52. The number of rotatable bonds is 2. The molecule has 1 saturated heterocycles. The van der Waals surface area contributed by atoms with Crippen LogP contribution in [0.4, 0.5) is 11.4 Å². The van der Waals surface area contributed by atoms with Gasteiger partial charge in [-0.1, -0.05) is 0 Å². The molecule has 1 heterocycles. The van der Waals surface area contributed by atoms with Gasteiger partial charge >= 0.3 is 0 Å². The second-order valence-electron chi connectivity index (χ2n) is 5.40. The summed E-state index contributed by atoms with van der Waals surface area (Å²) < 4.78 is 0. The number of piperidine rings is 1. The van der Waals surface area contributed by atoms with Gasteiger partial charge in [0, 0.05) is 32.9 Å². The highest BCUT2D eigenvalue weighted by atomic mass is 15.3. The zero-order chi connectivity index (χ0) is 15.2. The maximum absolute atomic E-state index is 5.98. The topological polar surface area (TPSA) is 83.2 Å². The Morgan fingerprint density at radius 1 is 1.05 bits per heavy atom. The van der Waals surface area contributed by atoms with E-state index in [1.165, 1.54) is 6.42 Å². The quantitative estimate of drug-likeness (QED) is 0.638. The van der Waals surface area contributed by atoms with Gasteiger partial charge in [-0.25, -0.2) is 4.99 Å². The Morgan fingerprint density at radius 2 is 1.67 bits per heavy atom. The molecule has 1 fully saturated rings. The number of likely N-dealkylation sites (tertiary alicyclic amines) is 1. The number of anilines is 1. The molecule has 0 saturated carbocycles. The first-order chi connectivity index (χ1) is 10.1. The Bertz CT molecular complexity index is 511. The summed E-state index contributed by atoms with van der Waals surface area (Å²) in [5.41, 5.74) is 13.7. The Morgan fingerprint density at radius 3 is 2.24 bits per heavy atom. The zero-order valence-electron chi connectivity index (χ0n) is 12.8. The van der Waals surface area contributed by atoms with Gasteiger partial charge in [0.05, 0.1) is 5.69 Å². The van der Waals surface area contributed by atoms with Crippen molar-refractivity contribution in [2.75, 3.05) is 32.1 Å². The second-order valence-corrected chi connectivity index (χ2v) is 5.40. The molecular formula is C15H24N6. The molecular weight excluding hydrogens is 264 g/mol. The Kier molecular flexibility index (Phi) is 5.03. The van der Waals surface area contributed by atoms with Gasteiger partial charge in [0.1, 0.15) is 0 Å². The summed E-state index contributed by atoms with van der Waals surface area (Å²) in [6.07, 6.45) is 3.56. The number of benzene rings is 1. The normalized spacial score (nSPS) is 17.0. The maximum Gasteiger partial charge on any atom is 0.223 e. The van der Waals surface area contributed by atoms with E-state index < -0.39 is 0 Å². The molecule has 0 bridgehead atoms. The number of hydrogen-bond donors (Lipinski definition) is 2. The maximum atomic E-state index is 5.98. The summed E-state index contributed by atoms with van der Waals surface area (Å²) in [5, 5.41) is 0. The van der Waals surface area contributed by atoms with Gasteiger partial charge in [-0.3, -0.25) is 0 Å². The molecule has 4 N–H and O–H groups in total. The lowest BCUT2D eigenvalue weighted by Gasteiger charge is -2.27. The van der Waals surface area contributed by atoms with Gasteiger partial charge in [-0.05, 0) is 43.5 Å². The molecule has 0 amide bonds. The van der Waals surface area contributed by atoms with Crippen LogP contribution in [0.15, 0.2) is 34.3 Å². The third kappa shape index (κ3) is 4.37. The smallest absolute Gasteiger partial charge is 0.223 e. The molecule has 2 rings (SSSR count). The molecule has 21 heavy (non-hydrogen) atoms. The molecule has 1 aliphatic rings. The average Bonchev–Trinajstić information content (AvgIpc) is 2.48. The molecule has 1 aromatic rings. The number of nitrogens with zero attached hydrogens (tertiary/aromatic N) is 4. The van der Waals surface area contributed by atoms with Crippen LogP contribution in [0, 0.1) is 0 Å². The van der Waals surface area contributed by atoms with Crippen molar-refractivity contribution in [1.29, 1.82) is 0 Å². The summed E-state index contributed by atoms with van der Waals surface area (Å²) in [6, 6.07) is 7.80. The van der Waals surface area contributed by atoms with Crippen LogP contribution in [-0.4, -0.2) is 44.0 Å². The van der Waals surface area contributed by atoms with E-state index in [0.717, 1.165) is 37.3 Å². The van der Waals surface area contributed by atoms with E-state index in [1.807, 2.05) is 43.3 Å². The van der Waals surface area contributed by atoms with Gasteiger partial charge in [0.15, 0.2) is 5.96 Å². The van der Waals surface area contributed by atoms with E-state index in [9.17, 15) is 0 Å². The summed E-state index contributed by atoms with van der Waals surface area (Å²) in [5.74, 6) is 0.650. The van der Waals surface area contributed by atoms with Crippen molar-refractivity contribution in [3.05, 3.63) is 24.3 Å². The van der Waals surface area contributed by atoms with Crippen LogP contribution >= 0.6 is 0 Å². The molecule has 6 heteroatoms. The fourth-order valence-corrected chi connectivity index (χ4v) is 2.29. The first kappa shape index (κ1) is 15.2. The molecule has 0 aromatic heterocycles. The van der Waals surface area contributed by atoms with E-state index in [4.69, 9.17) is 11.5 Å². The van der Waals surface area contributed by atoms with Crippen molar-refractivity contribution in [1.82, 2.24) is 4.90 Å². The highest BCUT2D eigenvalue weighted by Gasteiger charge is 2.12. The molecule has 1 aliphatic heterocycles. The number of aliphatic imine (C=N–C) groups is 2. The van der Waals surface area contributed by atoms with Crippen molar-refractivity contribution in [2.24, 2.45) is 21.5 Å². The van der Waals surface area contributed by atoms with Crippen molar-refractivity contribution in [3.8, 4) is 0 Å². The van der Waals surface area contributed by atoms with Crippen molar-refractivity contribution >= 4 is 23.3 Å². The highest BCUT2D eigenvalue weighted by Crippen LogP contribution is 2.18. The fourth-order valence-electron chi connectivity index (χ4n) is 2.29. The lowest BCUT2D eigenvalue weighted by atomic mass is 10.1. The van der Waals surface area contributed by atoms with Crippen LogP contribution in [-0.2, 0) is 0 Å². The van der Waals surface area contributed by atoms with Crippen molar-refractivity contribution in [3.63, 3.8) is 0 Å². The third-order valence-electron chi connectivity index (χ3n) is 3.52. The highest BCUT2D eigenvalue weighted by molar-refractivity contribution is 5.94. The van der Waals surface area contributed by atoms with Gasteiger partial charge < -0.3 is 21.3 Å². The predicted molar refractivity (Wildman–Crippen MR) is 89.1 cm³/mol. The van der Waals surface area contributed by atoms with Crippen LogP contribution in [0.3, 0.4) is 0 Å². The number of nitrogens with two attached hydrogens (primary N) is 2. The molecule has 6 nitrogen and oxygen atoms in total. The van der Waals surface area contributed by atoms with Gasteiger partial charge in [-0.15, -0.1) is 0 Å². The number of hydrogen-bond acceptors (Lipinski definition) is 2. The average molecular weight is 288 g/mol. The molecule has 0 spiro atoms. The van der Waals surface area contributed by atoms with E-state index in [-0.39, 0.29) is 5.96 Å². The minimum absolute atomic E-state index is 0.190. The van der Waals surface area contributed by atoms with Gasteiger partial charge in [-0.2, -0.15) is 4.99 Å². The minimum atomic E-state index is 0.190. The summed E-state index contributed by atoms with van der Waals surface area (Å²) in [6.45, 7) is 1.89. The molecule has 0 atom stereocenters. The van der Waals surface area contributed by atoms with E-state index in [1.54, 1.807) is 0 Å². The Balaban J connectivity index is 2.05. The first-order valence-electron chi connectivity index (χ1n) is 7.27. The molecule has 0 radical (unpaired) electrons. The summed E-state index contributed by atoms with van der Waals surface area (Å²) in [7, 11) is 3.99. The second kappa shape index (κ2) is 6.97. The van der Waals surface area contributed by atoms with Crippen LogP contribution in [0.1, 0.15) is 19.3 Å². The van der Waals surface area contributed by atoms with Crippen LogP contribution in [0.2, 0.25) is 0 Å². The number of guanidine groups is 2. The van der Waals surface area contributed by atoms with Crippen molar-refractivity contribution in [2.45, 2.75) is 19.3 Å². The molecule has 0 aliphatic carbocycles. The first-order valence-corrected chi connectivity index (χ1v) is 7.27. The largest absolute Gasteiger partial charge is 0.378 e. The zero-order valence-corrected chi connectivity index (χ0v) is 12.8. The Hall–Kier alpha value is -2.24. The van der Waals surface area contributed by atoms with Gasteiger partial charge in [0.25, 0.3) is 0 Å². The summed E-state index contributed by atoms with van der Waals surface area (Å²) >= 11 is 0. The monoisotopic (exact) mass is 288 g/mol. The van der Waals surface area contributed by atoms with E-state index >= 15 is 0 Å². The summed E-state index contributed by atoms with van der Waals surface area (Å²) in [4.78, 5) is 12.6. The Labute approximate surface area is 126 Å². The SMILES string of the molecule is CN(C)c1ccc(N=C(N)N=C(N)N2CCCCC2)cc1. The predicted octanol–water partition coefficient (Wildman–Crippen LogP) is 1.50. The van der Waals surface area contributed by atoms with Crippen LogP contribution < -0.4 is 16.4 Å². The molecule has 0 unspecified atom stereocenters. The van der Waals surface area contributed by atoms with E-state index in [2.05, 4.69) is 14.9 Å². The lowest BCUT2D eigenvalue weighted by Crippen LogP contribution is -2.41.